The highest BCUT2D eigenvalue weighted by atomic mass is 16.4. The first kappa shape index (κ1) is 65.1. The summed E-state index contributed by atoms with van der Waals surface area (Å²) in [6.07, 6.45) is 2.24. The summed E-state index contributed by atoms with van der Waals surface area (Å²) in [5, 5.41) is 38.5. The van der Waals surface area contributed by atoms with E-state index in [0.717, 1.165) is 0 Å². The van der Waals surface area contributed by atoms with Crippen molar-refractivity contribution in [3.05, 3.63) is 65.7 Å². The van der Waals surface area contributed by atoms with Crippen molar-refractivity contribution in [1.29, 1.82) is 0 Å². The van der Waals surface area contributed by atoms with Gasteiger partial charge >= 0.3 is 5.97 Å². The van der Waals surface area contributed by atoms with Crippen LogP contribution in [0.1, 0.15) is 124 Å². The van der Waals surface area contributed by atoms with Crippen molar-refractivity contribution >= 4 is 59.1 Å². The van der Waals surface area contributed by atoms with Crippen LogP contribution in [0.25, 0.3) is 0 Å². The minimum absolute atomic E-state index is 0.0302. The molecular formula is C55H85N11O12. The number of phenolic OH excluding ortho intramolecular Hbond substituents is 1. The number of carbonyl (C=O) groups excluding carboxylic acids is 9. The number of nitrogens with two attached hydrogens (primary N) is 3. The zero-order chi connectivity index (χ0) is 58.2. The van der Waals surface area contributed by atoms with Crippen LogP contribution in [0.4, 0.5) is 0 Å². The number of aromatic hydroxyl groups is 1. The van der Waals surface area contributed by atoms with Gasteiger partial charge in [0, 0.05) is 25.8 Å². The van der Waals surface area contributed by atoms with Crippen molar-refractivity contribution in [1.82, 2.24) is 42.1 Å². The molecule has 15 N–H and O–H groups in total. The highest BCUT2D eigenvalue weighted by molar-refractivity contribution is 5.98. The molecule has 0 bridgehead atoms. The maximum atomic E-state index is 14.5. The van der Waals surface area contributed by atoms with Crippen LogP contribution in [0.2, 0.25) is 0 Å². The molecular weight excluding hydrogens is 1010 g/mol. The Labute approximate surface area is 457 Å². The van der Waals surface area contributed by atoms with E-state index < -0.39 is 119 Å². The second-order valence-electron chi connectivity index (χ2n) is 21.2. The molecule has 432 valence electrons. The smallest absolute Gasteiger partial charge is 0.326 e. The van der Waals surface area contributed by atoms with Gasteiger partial charge in [0.15, 0.2) is 0 Å². The van der Waals surface area contributed by atoms with Crippen LogP contribution in [0.15, 0.2) is 54.6 Å². The quantitative estimate of drug-likeness (QED) is 0.0434. The van der Waals surface area contributed by atoms with Crippen molar-refractivity contribution in [2.75, 3.05) is 13.1 Å². The number of carbonyl (C=O) groups is 10. The Morgan fingerprint density at radius 2 is 1.17 bits per heavy atom. The molecule has 23 heteroatoms. The Hall–Kier alpha value is -7.14. The fourth-order valence-electron chi connectivity index (χ4n) is 8.93. The van der Waals surface area contributed by atoms with E-state index >= 15 is 0 Å². The normalized spacial score (nSPS) is 16.7. The largest absolute Gasteiger partial charge is 0.508 e. The molecule has 78 heavy (non-hydrogen) atoms. The van der Waals surface area contributed by atoms with Gasteiger partial charge in [-0.2, -0.15) is 0 Å². The van der Waals surface area contributed by atoms with Gasteiger partial charge < -0.3 is 69.5 Å². The molecule has 0 aromatic heterocycles. The topological polar surface area (TPSA) is 377 Å². The predicted octanol–water partition coefficient (Wildman–Crippen LogP) is 0.527. The lowest BCUT2D eigenvalue weighted by molar-refractivity contribution is -0.143. The van der Waals surface area contributed by atoms with E-state index in [1.54, 1.807) is 58.0 Å². The number of hydrogen-bond donors (Lipinski definition) is 12. The number of benzene rings is 2. The third-order valence-corrected chi connectivity index (χ3v) is 13.6. The van der Waals surface area contributed by atoms with Gasteiger partial charge in [-0.15, -0.1) is 0 Å². The average molecular weight is 1090 g/mol. The molecule has 1 heterocycles. The van der Waals surface area contributed by atoms with Crippen LogP contribution < -0.4 is 54.4 Å². The van der Waals surface area contributed by atoms with Gasteiger partial charge in [0.2, 0.25) is 53.2 Å². The molecule has 0 radical (unpaired) electrons. The summed E-state index contributed by atoms with van der Waals surface area (Å²) in [4.78, 5) is 137. The number of rotatable bonds is 33. The maximum Gasteiger partial charge on any atom is 0.326 e. The van der Waals surface area contributed by atoms with Crippen LogP contribution in [-0.4, -0.2) is 142 Å². The van der Waals surface area contributed by atoms with Crippen LogP contribution in [-0.2, 0) is 60.8 Å². The molecule has 23 nitrogen and oxygen atoms in total. The summed E-state index contributed by atoms with van der Waals surface area (Å²) in [5.74, 6) is -8.52. The second kappa shape index (κ2) is 32.6. The van der Waals surface area contributed by atoms with Crippen molar-refractivity contribution < 1.29 is 58.2 Å². The maximum absolute atomic E-state index is 14.5. The molecule has 0 spiro atoms. The third-order valence-electron chi connectivity index (χ3n) is 13.6. The lowest BCUT2D eigenvalue weighted by atomic mass is 9.96. The first-order chi connectivity index (χ1) is 36.8. The zero-order valence-electron chi connectivity index (χ0n) is 46.2. The fraction of sp³-hybridized carbons (Fsp3) is 0.600. The van der Waals surface area contributed by atoms with Crippen LogP contribution in [0.3, 0.4) is 0 Å². The number of primary amides is 1. The Balaban J connectivity index is 1.88. The molecule has 2 aromatic carbocycles. The first-order valence-corrected chi connectivity index (χ1v) is 27.1. The fourth-order valence-corrected chi connectivity index (χ4v) is 8.93. The molecule has 3 rings (SSSR count). The minimum atomic E-state index is -1.43. The van der Waals surface area contributed by atoms with E-state index in [1.165, 1.54) is 36.1 Å². The number of hydrogen-bond acceptors (Lipinski definition) is 13. The number of likely N-dealkylation sites (tertiary alicyclic amines) is 1. The molecule has 0 unspecified atom stereocenters. The summed E-state index contributed by atoms with van der Waals surface area (Å²) < 4.78 is 0. The highest BCUT2D eigenvalue weighted by Gasteiger charge is 2.40. The van der Waals surface area contributed by atoms with Gasteiger partial charge in [-0.25, -0.2) is 4.79 Å². The standard InChI is InChI=1S/C55H85N11O12/c1-8-33(6)46(53(75)64-43(55(77)78)28-32(4)5)65-51(73)41(30-36-19-21-37(67)22-20-36)62-50(72)40(29-35-15-10-9-11-16-35)61-47(69)34(7)59-49(71)39(23-24-45(58)68)60-52(74)44-18-14-26-66(44)54(76)42(27-31(2)3)63-48(70)38(57)17-12-13-25-56/h9-11,15-16,19-22,31-34,38-44,46,67H,8,12-14,17-18,23-30,56-57H2,1-7H3,(H2,58,68)(H,59,71)(H,60,74)(H,61,69)(H,62,72)(H,63,70)(H,64,75)(H,65,73)(H,77,78)/t33-,34-,38-,39-,40-,41-,42-,43-,44-,46-/m0/s1. The van der Waals surface area contributed by atoms with Crippen LogP contribution in [0.5, 0.6) is 5.75 Å². The van der Waals surface area contributed by atoms with Crippen LogP contribution >= 0.6 is 0 Å². The summed E-state index contributed by atoms with van der Waals surface area (Å²) in [5.41, 5.74) is 18.3. The van der Waals surface area contributed by atoms with E-state index in [4.69, 9.17) is 17.2 Å². The number of carboxylic acid groups (broad SMARTS) is 1. The summed E-state index contributed by atoms with van der Waals surface area (Å²) >= 11 is 0. The zero-order valence-corrected chi connectivity index (χ0v) is 46.2. The second-order valence-corrected chi connectivity index (χ2v) is 21.2. The minimum Gasteiger partial charge on any atom is -0.508 e. The van der Waals surface area contributed by atoms with E-state index in [2.05, 4.69) is 37.2 Å². The van der Waals surface area contributed by atoms with Gasteiger partial charge in [-0.1, -0.05) is 96.8 Å². The Bertz CT molecular complexity index is 2340. The summed E-state index contributed by atoms with van der Waals surface area (Å²) in [7, 11) is 0. The Kier molecular flexibility index (Phi) is 27.2. The lowest BCUT2D eigenvalue weighted by Gasteiger charge is -2.31. The molecule has 2 aromatic rings. The molecule has 1 aliphatic heterocycles. The summed E-state index contributed by atoms with van der Waals surface area (Å²) in [6.45, 7) is 12.8. The monoisotopic (exact) mass is 1090 g/mol. The van der Waals surface area contributed by atoms with E-state index in [-0.39, 0.29) is 69.1 Å². The molecule has 0 saturated carbocycles. The third kappa shape index (κ3) is 21.7. The molecule has 9 amide bonds. The average Bonchev–Trinajstić information content (AvgIpc) is 3.89. The van der Waals surface area contributed by atoms with Gasteiger partial charge in [0.05, 0.1) is 6.04 Å². The highest BCUT2D eigenvalue weighted by Crippen LogP contribution is 2.22. The van der Waals surface area contributed by atoms with Crippen molar-refractivity contribution in [3.8, 4) is 5.75 Å². The number of unbranched alkanes of at least 4 members (excludes halogenated alkanes) is 1. The predicted molar refractivity (Wildman–Crippen MR) is 291 cm³/mol. The van der Waals surface area contributed by atoms with Gasteiger partial charge in [-0.3, -0.25) is 43.2 Å². The van der Waals surface area contributed by atoms with E-state index in [9.17, 15) is 58.2 Å². The molecule has 1 aliphatic rings. The SMILES string of the molecule is CC[C@H](C)[C@H](NC(=O)[C@H](Cc1ccc(O)cc1)NC(=O)[C@H](Cc1ccccc1)NC(=O)[C@H](C)NC(=O)[C@H](CCC(N)=O)NC(=O)[C@@H]1CCCN1C(=O)[C@H](CC(C)C)NC(=O)[C@@H](N)CCCCN)C(=O)N[C@@H](CC(C)C)C(=O)O. The summed E-state index contributed by atoms with van der Waals surface area (Å²) in [6, 6.07) is 3.51. The van der Waals surface area contributed by atoms with Gasteiger partial charge in [-0.05, 0) is 99.4 Å². The Morgan fingerprint density at radius 3 is 1.73 bits per heavy atom. The van der Waals surface area contributed by atoms with Crippen molar-refractivity contribution in [3.63, 3.8) is 0 Å². The van der Waals surface area contributed by atoms with E-state index in [0.29, 0.717) is 49.8 Å². The molecule has 1 fully saturated rings. The number of carboxylic acids is 1. The number of phenols is 1. The van der Waals surface area contributed by atoms with Crippen LogP contribution in [0, 0.1) is 17.8 Å². The Morgan fingerprint density at radius 1 is 0.628 bits per heavy atom. The van der Waals surface area contributed by atoms with Crippen molar-refractivity contribution in [2.24, 2.45) is 35.0 Å². The first-order valence-electron chi connectivity index (χ1n) is 27.1. The number of aliphatic carboxylic acids is 1. The lowest BCUT2D eigenvalue weighted by Crippen LogP contribution is -2.61. The van der Waals surface area contributed by atoms with Gasteiger partial charge in [0.25, 0.3) is 0 Å². The molecule has 1 saturated heterocycles. The number of nitrogens with zero attached hydrogens (tertiary/aromatic N) is 1. The molecule has 10 atom stereocenters. The molecule has 0 aliphatic carbocycles. The van der Waals surface area contributed by atoms with Crippen molar-refractivity contribution in [2.45, 2.75) is 180 Å². The number of amides is 9. The number of nitrogens with one attached hydrogen (secondary N) is 7. The van der Waals surface area contributed by atoms with E-state index in [1.807, 2.05) is 13.8 Å². The van der Waals surface area contributed by atoms with Gasteiger partial charge in [0.1, 0.15) is 54.1 Å².